The van der Waals surface area contributed by atoms with Crippen LogP contribution in [-0.4, -0.2) is 59.5 Å². The number of likely N-dealkylation sites (tertiary alicyclic amines) is 1. The fraction of sp³-hybridized carbons (Fsp3) is 0.391. The van der Waals surface area contributed by atoms with E-state index in [1.54, 1.807) is 29.3 Å². The van der Waals surface area contributed by atoms with Crippen molar-refractivity contribution < 1.29 is 13.6 Å². The number of aromatic nitrogens is 6. The van der Waals surface area contributed by atoms with Gasteiger partial charge in [0, 0.05) is 62.9 Å². The van der Waals surface area contributed by atoms with Crippen molar-refractivity contribution in [3.05, 3.63) is 41.4 Å². The van der Waals surface area contributed by atoms with Gasteiger partial charge in [0.1, 0.15) is 16.3 Å². The third-order valence-electron chi connectivity index (χ3n) is 6.32. The molecule has 0 atom stereocenters. The second-order valence-electron chi connectivity index (χ2n) is 8.82. The first-order valence-corrected chi connectivity index (χ1v) is 12.0. The number of rotatable bonds is 4. The number of thiophene rings is 1. The molecule has 1 amide bonds. The molecule has 0 bridgehead atoms. The van der Waals surface area contributed by atoms with Crippen molar-refractivity contribution in [3.8, 4) is 22.8 Å². The smallest absolute Gasteiger partial charge is 0.264 e. The van der Waals surface area contributed by atoms with Crippen LogP contribution in [0.5, 0.6) is 0 Å². The van der Waals surface area contributed by atoms with Crippen LogP contribution in [0.4, 0.5) is 8.78 Å². The molecule has 4 aromatic rings. The van der Waals surface area contributed by atoms with Crippen LogP contribution >= 0.6 is 11.3 Å². The second kappa shape index (κ2) is 7.86. The van der Waals surface area contributed by atoms with Crippen molar-refractivity contribution >= 4 is 27.5 Å². The Morgan fingerprint density at radius 1 is 1.15 bits per heavy atom. The number of carbonyl (C=O) groups is 1. The predicted octanol–water partition coefficient (Wildman–Crippen LogP) is 4.30. The number of nitrogens with zero attached hydrogens (tertiary/aromatic N) is 7. The van der Waals surface area contributed by atoms with Crippen molar-refractivity contribution in [1.82, 2.24) is 34.6 Å². The molecule has 0 spiro atoms. The average Bonchev–Trinajstić information content (AvgIpc) is 3.45. The van der Waals surface area contributed by atoms with Gasteiger partial charge in [0.25, 0.3) is 11.8 Å². The molecule has 0 radical (unpaired) electrons. The number of alkyl halides is 2. The number of fused-ring (bicyclic) bond motifs is 1. The monoisotopic (exact) mass is 481 g/mol. The van der Waals surface area contributed by atoms with Gasteiger partial charge in [-0.25, -0.2) is 28.7 Å². The first kappa shape index (κ1) is 21.2. The van der Waals surface area contributed by atoms with Gasteiger partial charge in [-0.15, -0.1) is 11.3 Å². The number of carbonyl (C=O) groups excluding carboxylic acids is 1. The highest BCUT2D eigenvalue weighted by Crippen LogP contribution is 2.38. The zero-order chi connectivity index (χ0) is 23.4. The molecule has 11 heteroatoms. The number of halogens is 2. The second-order valence-corrected chi connectivity index (χ2v) is 9.85. The topological polar surface area (TPSA) is 89.7 Å². The van der Waals surface area contributed by atoms with Crippen LogP contribution in [0.15, 0.2) is 30.7 Å². The lowest BCUT2D eigenvalue weighted by molar-refractivity contribution is -0.0493. The largest absolute Gasteiger partial charge is 0.338 e. The molecular formula is C23H21F2N7OS. The molecule has 1 aliphatic carbocycles. The lowest BCUT2D eigenvalue weighted by atomic mass is 10.1. The maximum Gasteiger partial charge on any atom is 0.264 e. The summed E-state index contributed by atoms with van der Waals surface area (Å²) in [6.45, 7) is 0.0759. The van der Waals surface area contributed by atoms with E-state index < -0.39 is 5.92 Å². The molecule has 34 heavy (non-hydrogen) atoms. The minimum atomic E-state index is -2.71. The van der Waals surface area contributed by atoms with Crippen molar-refractivity contribution in [1.29, 1.82) is 0 Å². The van der Waals surface area contributed by atoms with E-state index >= 15 is 0 Å². The maximum atomic E-state index is 13.6. The van der Waals surface area contributed by atoms with E-state index in [0.29, 0.717) is 32.7 Å². The van der Waals surface area contributed by atoms with Crippen LogP contribution in [-0.2, 0) is 7.05 Å². The van der Waals surface area contributed by atoms with Crippen molar-refractivity contribution in [3.63, 3.8) is 0 Å². The van der Waals surface area contributed by atoms with E-state index in [1.807, 2.05) is 13.1 Å². The maximum absolute atomic E-state index is 13.6. The highest BCUT2D eigenvalue weighted by atomic mass is 32.1. The quantitative estimate of drug-likeness (QED) is 0.432. The number of piperidine rings is 1. The zero-order valence-electron chi connectivity index (χ0n) is 18.4. The molecule has 6 rings (SSSR count). The molecule has 2 fully saturated rings. The van der Waals surface area contributed by atoms with Crippen LogP contribution < -0.4 is 0 Å². The SMILES string of the molecule is Cn1nccc1-c1nc(-c2cnc(C3CC3)nc2)nc2sc(C(=O)N3CCC(F)(F)CC3)cc12. The molecule has 0 N–H and O–H groups in total. The Kier molecular flexibility index (Phi) is 4.91. The Hall–Kier alpha value is -3.34. The number of aryl methyl sites for hydroxylation is 1. The third kappa shape index (κ3) is 3.83. The van der Waals surface area contributed by atoms with Crippen LogP contribution in [0.25, 0.3) is 33.0 Å². The summed E-state index contributed by atoms with van der Waals surface area (Å²) >= 11 is 1.24. The first-order chi connectivity index (χ1) is 16.4. The van der Waals surface area contributed by atoms with Gasteiger partial charge in [-0.05, 0) is 25.0 Å². The van der Waals surface area contributed by atoms with E-state index in [-0.39, 0.29) is 31.8 Å². The summed E-state index contributed by atoms with van der Waals surface area (Å²) in [7, 11) is 1.82. The summed E-state index contributed by atoms with van der Waals surface area (Å²) in [5.41, 5.74) is 2.11. The highest BCUT2D eigenvalue weighted by Gasteiger charge is 2.36. The molecule has 2 aliphatic rings. The van der Waals surface area contributed by atoms with Crippen molar-refractivity contribution in [2.24, 2.45) is 7.05 Å². The number of amides is 1. The van der Waals surface area contributed by atoms with Gasteiger partial charge in [-0.1, -0.05) is 0 Å². The average molecular weight is 482 g/mol. The Balaban J connectivity index is 1.41. The molecule has 1 aliphatic heterocycles. The van der Waals surface area contributed by atoms with Crippen LogP contribution in [0.1, 0.15) is 47.1 Å². The van der Waals surface area contributed by atoms with Gasteiger partial charge in [-0.2, -0.15) is 5.10 Å². The molecule has 1 saturated heterocycles. The number of hydrogen-bond acceptors (Lipinski definition) is 7. The standard InChI is InChI=1S/C23H21F2N7OS/c1-31-16(4-7-28-31)18-15-10-17(22(33)32-8-5-23(24,25)6-9-32)34-21(15)30-20(29-18)14-11-26-19(27-12-14)13-2-3-13/h4,7,10-13H,2-3,5-6,8-9H2,1H3. The van der Waals surface area contributed by atoms with Crippen molar-refractivity contribution in [2.75, 3.05) is 13.1 Å². The molecule has 174 valence electrons. The van der Waals surface area contributed by atoms with Gasteiger partial charge >= 0.3 is 0 Å². The van der Waals surface area contributed by atoms with E-state index in [0.717, 1.165) is 29.7 Å². The summed E-state index contributed by atoms with van der Waals surface area (Å²) in [6.07, 6.45) is 6.77. The molecule has 8 nitrogen and oxygen atoms in total. The minimum absolute atomic E-state index is 0.0380. The molecule has 1 saturated carbocycles. The van der Waals surface area contributed by atoms with Gasteiger partial charge in [-0.3, -0.25) is 9.48 Å². The molecule has 0 aromatic carbocycles. The molecule has 5 heterocycles. The lowest BCUT2D eigenvalue weighted by Crippen LogP contribution is -2.42. The molecule has 4 aromatic heterocycles. The summed E-state index contributed by atoms with van der Waals surface area (Å²) < 4.78 is 28.8. The van der Waals surface area contributed by atoms with E-state index in [4.69, 9.17) is 9.97 Å². The van der Waals surface area contributed by atoms with Crippen LogP contribution in [0.2, 0.25) is 0 Å². The van der Waals surface area contributed by atoms with E-state index in [1.165, 1.54) is 16.2 Å². The number of hydrogen-bond donors (Lipinski definition) is 0. The molecule has 0 unspecified atom stereocenters. The summed E-state index contributed by atoms with van der Waals surface area (Å²) in [6, 6.07) is 3.61. The third-order valence-corrected chi connectivity index (χ3v) is 7.34. The van der Waals surface area contributed by atoms with Crippen molar-refractivity contribution in [2.45, 2.75) is 37.5 Å². The summed E-state index contributed by atoms with van der Waals surface area (Å²) in [4.78, 5) is 34.2. The fourth-order valence-corrected chi connectivity index (χ4v) is 5.16. The predicted molar refractivity (Wildman–Crippen MR) is 123 cm³/mol. The molecular weight excluding hydrogens is 460 g/mol. The van der Waals surface area contributed by atoms with Crippen LogP contribution in [0, 0.1) is 0 Å². The van der Waals surface area contributed by atoms with Gasteiger partial charge in [0.2, 0.25) is 0 Å². The van der Waals surface area contributed by atoms with Crippen LogP contribution in [0.3, 0.4) is 0 Å². The van der Waals surface area contributed by atoms with E-state index in [9.17, 15) is 13.6 Å². The van der Waals surface area contributed by atoms with Gasteiger partial charge in [0.05, 0.1) is 16.1 Å². The summed E-state index contributed by atoms with van der Waals surface area (Å²) in [5.74, 6) is -1.21. The Morgan fingerprint density at radius 2 is 1.88 bits per heavy atom. The fourth-order valence-electron chi connectivity index (χ4n) is 4.16. The van der Waals surface area contributed by atoms with Gasteiger partial charge < -0.3 is 4.90 Å². The summed E-state index contributed by atoms with van der Waals surface area (Å²) in [5, 5.41) is 4.98. The van der Waals surface area contributed by atoms with Gasteiger partial charge in [0.15, 0.2) is 5.82 Å². The minimum Gasteiger partial charge on any atom is -0.338 e. The van der Waals surface area contributed by atoms with E-state index in [2.05, 4.69) is 15.1 Å². The normalized spacial score (nSPS) is 17.9. The zero-order valence-corrected chi connectivity index (χ0v) is 19.2. The first-order valence-electron chi connectivity index (χ1n) is 11.2. The Morgan fingerprint density at radius 3 is 2.53 bits per heavy atom. The Labute approximate surface area is 197 Å². The highest BCUT2D eigenvalue weighted by molar-refractivity contribution is 7.20. The lowest BCUT2D eigenvalue weighted by Gasteiger charge is -2.31. The Bertz CT molecular complexity index is 1380.